The van der Waals surface area contributed by atoms with Gasteiger partial charge in [-0.2, -0.15) is 0 Å². The van der Waals surface area contributed by atoms with Crippen molar-refractivity contribution in [1.29, 1.82) is 0 Å². The molecule has 1 saturated carbocycles. The predicted octanol–water partition coefficient (Wildman–Crippen LogP) is 5.17. The number of aromatic nitrogens is 1. The number of aliphatic hydroxyl groups is 1. The number of hydrogen-bond donors (Lipinski definition) is 2. The van der Waals surface area contributed by atoms with Crippen molar-refractivity contribution in [3.8, 4) is 5.75 Å². The average molecular weight is 493 g/mol. The van der Waals surface area contributed by atoms with Crippen LogP contribution >= 0.6 is 0 Å². The fourth-order valence-corrected chi connectivity index (χ4v) is 5.97. The van der Waals surface area contributed by atoms with Crippen LogP contribution in [0, 0.1) is 17.7 Å². The second-order valence-corrected chi connectivity index (χ2v) is 10.2. The molecule has 2 fully saturated rings. The van der Waals surface area contributed by atoms with Gasteiger partial charge >= 0.3 is 5.97 Å². The Morgan fingerprint density at radius 3 is 2.69 bits per heavy atom. The van der Waals surface area contributed by atoms with Crippen LogP contribution in [0.2, 0.25) is 0 Å². The Bertz CT molecular complexity index is 1210. The van der Waals surface area contributed by atoms with Gasteiger partial charge in [0, 0.05) is 24.2 Å². The number of likely N-dealkylation sites (tertiary alicyclic amines) is 1. The number of nitrogens with zero attached hydrogens (tertiary/aromatic N) is 2. The molecule has 6 nitrogen and oxygen atoms in total. The summed E-state index contributed by atoms with van der Waals surface area (Å²) in [6.07, 6.45) is 4.94. The number of pyridine rings is 1. The number of halogens is 1. The minimum atomic E-state index is -0.757. The molecular formula is C29H33FN2O4. The summed E-state index contributed by atoms with van der Waals surface area (Å²) in [5.41, 5.74) is 2.75. The third kappa shape index (κ3) is 5.08. The minimum Gasteiger partial charge on any atom is -0.497 e. The zero-order valence-electron chi connectivity index (χ0n) is 20.5. The number of carboxylic acid groups (broad SMARTS) is 1. The molecule has 1 aliphatic carbocycles. The van der Waals surface area contributed by atoms with Crippen LogP contribution < -0.4 is 4.74 Å². The smallest absolute Gasteiger partial charge is 0.308 e. The summed E-state index contributed by atoms with van der Waals surface area (Å²) in [7, 11) is 1.61. The maximum atomic E-state index is 13.2. The highest BCUT2D eigenvalue weighted by atomic mass is 19.1. The number of aliphatic carboxylic acids is 1. The van der Waals surface area contributed by atoms with E-state index in [1.165, 1.54) is 12.1 Å². The molecule has 0 amide bonds. The van der Waals surface area contributed by atoms with Crippen molar-refractivity contribution in [3.05, 3.63) is 71.7 Å². The average Bonchev–Trinajstić information content (AvgIpc) is 2.87. The molecule has 2 N–H and O–H groups in total. The molecule has 1 aromatic heterocycles. The molecule has 1 aliphatic heterocycles. The fraction of sp³-hybridized carbons (Fsp3) is 0.448. The topological polar surface area (TPSA) is 82.9 Å². The van der Waals surface area contributed by atoms with E-state index in [4.69, 9.17) is 4.74 Å². The number of carbonyl (C=O) groups is 1. The second-order valence-electron chi connectivity index (χ2n) is 10.2. The van der Waals surface area contributed by atoms with Gasteiger partial charge in [0.25, 0.3) is 0 Å². The number of aliphatic hydroxyl groups excluding tert-OH is 1. The van der Waals surface area contributed by atoms with Gasteiger partial charge in [0.2, 0.25) is 0 Å². The van der Waals surface area contributed by atoms with Crippen LogP contribution in [0.25, 0.3) is 10.9 Å². The van der Waals surface area contributed by atoms with Gasteiger partial charge in [-0.25, -0.2) is 4.39 Å². The molecule has 3 atom stereocenters. The van der Waals surface area contributed by atoms with Crippen molar-refractivity contribution in [2.24, 2.45) is 11.8 Å². The van der Waals surface area contributed by atoms with Gasteiger partial charge in [0.1, 0.15) is 11.6 Å². The first-order valence-corrected chi connectivity index (χ1v) is 12.8. The van der Waals surface area contributed by atoms with Crippen LogP contribution in [-0.2, 0) is 4.79 Å². The molecule has 1 saturated heterocycles. The molecular weight excluding hydrogens is 459 g/mol. The van der Waals surface area contributed by atoms with Crippen LogP contribution in [0.4, 0.5) is 4.39 Å². The van der Waals surface area contributed by atoms with E-state index in [9.17, 15) is 19.4 Å². The number of methoxy groups -OCH3 is 1. The van der Waals surface area contributed by atoms with Gasteiger partial charge in [0.05, 0.1) is 24.6 Å². The lowest BCUT2D eigenvalue weighted by molar-refractivity contribution is -0.147. The summed E-state index contributed by atoms with van der Waals surface area (Å²) < 4.78 is 18.6. The Kier molecular flexibility index (Phi) is 7.21. The Hall–Kier alpha value is -3.03. The van der Waals surface area contributed by atoms with E-state index in [-0.39, 0.29) is 11.7 Å². The van der Waals surface area contributed by atoms with Crippen LogP contribution in [0.1, 0.15) is 55.3 Å². The first kappa shape index (κ1) is 24.7. The Labute approximate surface area is 210 Å². The molecule has 2 aliphatic rings. The fourth-order valence-electron chi connectivity index (χ4n) is 5.97. The quantitative estimate of drug-likeness (QED) is 0.452. The molecule has 1 unspecified atom stereocenters. The summed E-state index contributed by atoms with van der Waals surface area (Å²) in [5, 5.41) is 21.9. The lowest BCUT2D eigenvalue weighted by Crippen LogP contribution is -2.52. The van der Waals surface area contributed by atoms with Crippen LogP contribution in [-0.4, -0.2) is 52.3 Å². The Balaban J connectivity index is 1.19. The molecule has 3 aromatic rings. The molecule has 190 valence electrons. The van der Waals surface area contributed by atoms with E-state index in [2.05, 4.69) is 9.88 Å². The highest BCUT2D eigenvalue weighted by molar-refractivity contribution is 5.83. The number of carboxylic acids is 1. The summed E-state index contributed by atoms with van der Waals surface area (Å²) in [5.74, 6) is -0.259. The van der Waals surface area contributed by atoms with Crippen molar-refractivity contribution < 1.29 is 24.1 Å². The van der Waals surface area contributed by atoms with E-state index in [0.717, 1.165) is 47.8 Å². The summed E-state index contributed by atoms with van der Waals surface area (Å²) in [4.78, 5) is 18.9. The van der Waals surface area contributed by atoms with Crippen LogP contribution in [0.5, 0.6) is 5.75 Å². The van der Waals surface area contributed by atoms with Gasteiger partial charge < -0.3 is 14.9 Å². The molecule has 0 bridgehead atoms. The monoisotopic (exact) mass is 492 g/mol. The third-order valence-corrected chi connectivity index (χ3v) is 8.23. The largest absolute Gasteiger partial charge is 0.497 e. The van der Waals surface area contributed by atoms with Crippen molar-refractivity contribution in [3.63, 3.8) is 0 Å². The Morgan fingerprint density at radius 1 is 1.19 bits per heavy atom. The van der Waals surface area contributed by atoms with Gasteiger partial charge in [-0.3, -0.25) is 14.7 Å². The van der Waals surface area contributed by atoms with Gasteiger partial charge in [-0.1, -0.05) is 12.1 Å². The van der Waals surface area contributed by atoms with Gasteiger partial charge in [-0.15, -0.1) is 0 Å². The van der Waals surface area contributed by atoms with E-state index in [1.54, 1.807) is 13.3 Å². The molecule has 2 aromatic carbocycles. The zero-order valence-corrected chi connectivity index (χ0v) is 20.5. The normalized spacial score (nSPS) is 25.3. The molecule has 0 radical (unpaired) electrons. The Morgan fingerprint density at radius 2 is 1.97 bits per heavy atom. The highest BCUT2D eigenvalue weighted by Gasteiger charge is 2.41. The second kappa shape index (κ2) is 10.5. The van der Waals surface area contributed by atoms with Crippen molar-refractivity contribution in [2.45, 2.75) is 50.2 Å². The van der Waals surface area contributed by atoms with E-state index in [0.29, 0.717) is 37.1 Å². The van der Waals surface area contributed by atoms with Crippen molar-refractivity contribution >= 4 is 16.9 Å². The molecule has 0 spiro atoms. The number of hydrogen-bond acceptors (Lipinski definition) is 5. The van der Waals surface area contributed by atoms with Crippen LogP contribution in [0.15, 0.2) is 54.7 Å². The predicted molar refractivity (Wildman–Crippen MR) is 135 cm³/mol. The highest BCUT2D eigenvalue weighted by Crippen LogP contribution is 2.42. The maximum Gasteiger partial charge on any atom is 0.308 e. The number of piperidine rings is 1. The molecule has 7 heteroatoms. The molecule has 36 heavy (non-hydrogen) atoms. The molecule has 2 heterocycles. The van der Waals surface area contributed by atoms with Gasteiger partial charge in [-0.05, 0) is 98.0 Å². The van der Waals surface area contributed by atoms with Crippen molar-refractivity contribution in [1.82, 2.24) is 9.88 Å². The van der Waals surface area contributed by atoms with Gasteiger partial charge in [0.15, 0.2) is 0 Å². The third-order valence-electron chi connectivity index (χ3n) is 8.23. The SMILES string of the molecule is COc1ccc2nccc(C(O)CC[C@@H]3CCN(C4CC(c5ccc(F)cc5)C4)C[C@@H]3C(=O)O)c2c1. The number of rotatable bonds is 8. The maximum absolute atomic E-state index is 13.2. The van der Waals surface area contributed by atoms with E-state index < -0.39 is 18.0 Å². The van der Waals surface area contributed by atoms with Crippen LogP contribution in [0.3, 0.4) is 0 Å². The summed E-state index contributed by atoms with van der Waals surface area (Å²) in [6.45, 7) is 1.42. The zero-order chi connectivity index (χ0) is 25.2. The first-order valence-electron chi connectivity index (χ1n) is 12.8. The number of benzene rings is 2. The standard InChI is InChI=1S/C29H33FN2O4/c1-36-23-7-8-27-25(16-23)24(10-12-31-27)28(33)9-4-19-11-13-32(17-26(19)29(34)35)22-14-20(15-22)18-2-5-21(30)6-3-18/h2-3,5-8,10,12,16,19-20,22,26,28,33H,4,9,11,13-15,17H2,1H3,(H,34,35)/t19-,20?,22?,26+,28?/m1/s1. The van der Waals surface area contributed by atoms with E-state index >= 15 is 0 Å². The lowest BCUT2D eigenvalue weighted by Gasteiger charge is -2.47. The minimum absolute atomic E-state index is 0.0315. The summed E-state index contributed by atoms with van der Waals surface area (Å²) >= 11 is 0. The summed E-state index contributed by atoms with van der Waals surface area (Å²) in [6, 6.07) is 14.6. The number of ether oxygens (including phenoxy) is 1. The van der Waals surface area contributed by atoms with Crippen molar-refractivity contribution in [2.75, 3.05) is 20.2 Å². The lowest BCUT2D eigenvalue weighted by atomic mass is 9.73. The first-order chi connectivity index (χ1) is 17.4. The van der Waals surface area contributed by atoms with E-state index in [1.807, 2.05) is 36.4 Å². The number of fused-ring (bicyclic) bond motifs is 1. The molecule has 5 rings (SSSR count).